The number of piperazine rings is 1. The second kappa shape index (κ2) is 10.0. The van der Waals surface area contributed by atoms with Crippen LogP contribution >= 0.6 is 0 Å². The highest BCUT2D eigenvalue weighted by Gasteiger charge is 2.22. The van der Waals surface area contributed by atoms with Crippen molar-refractivity contribution in [2.45, 2.75) is 26.2 Å². The number of aryl methyl sites for hydroxylation is 2. The summed E-state index contributed by atoms with van der Waals surface area (Å²) in [7, 11) is 0. The minimum Gasteiger partial charge on any atom is -0.353 e. The van der Waals surface area contributed by atoms with Crippen molar-refractivity contribution in [3.63, 3.8) is 0 Å². The Morgan fingerprint density at radius 3 is 2.52 bits per heavy atom. The summed E-state index contributed by atoms with van der Waals surface area (Å²) in [5.41, 5.74) is 2.42. The van der Waals surface area contributed by atoms with Gasteiger partial charge in [0.25, 0.3) is 0 Å². The van der Waals surface area contributed by atoms with Gasteiger partial charge in [0.2, 0.25) is 5.91 Å². The molecule has 0 radical (unpaired) electrons. The smallest absolute Gasteiger partial charge is 0.222 e. The lowest BCUT2D eigenvalue weighted by Crippen LogP contribution is -2.49. The van der Waals surface area contributed by atoms with Gasteiger partial charge < -0.3 is 15.1 Å². The van der Waals surface area contributed by atoms with Gasteiger partial charge in [-0.25, -0.2) is 15.0 Å². The van der Waals surface area contributed by atoms with Crippen molar-refractivity contribution in [2.24, 2.45) is 0 Å². The van der Waals surface area contributed by atoms with E-state index < -0.39 is 0 Å². The van der Waals surface area contributed by atoms with Crippen LogP contribution in [0.4, 0.5) is 17.5 Å². The fourth-order valence-corrected chi connectivity index (χ4v) is 3.76. The number of anilines is 3. The molecule has 160 valence electrons. The van der Waals surface area contributed by atoms with Crippen LogP contribution in [0.1, 0.15) is 24.0 Å². The number of carbonyl (C=O) groups excluding carboxylic acids is 1. The Morgan fingerprint density at radius 1 is 0.968 bits per heavy atom. The number of hydrogen-bond donors (Lipinski definition) is 1. The predicted octanol–water partition coefficient (Wildman–Crippen LogP) is 3.60. The van der Waals surface area contributed by atoms with Gasteiger partial charge in [-0.1, -0.05) is 30.3 Å². The molecule has 1 fully saturated rings. The molecule has 0 atom stereocenters. The summed E-state index contributed by atoms with van der Waals surface area (Å²) in [4.78, 5) is 29.8. The predicted molar refractivity (Wildman–Crippen MR) is 122 cm³/mol. The zero-order valence-corrected chi connectivity index (χ0v) is 17.9. The lowest BCUT2D eigenvalue weighted by molar-refractivity contribution is -0.131. The molecule has 31 heavy (non-hydrogen) atoms. The maximum absolute atomic E-state index is 12.6. The summed E-state index contributed by atoms with van der Waals surface area (Å²) in [5, 5.41) is 3.23. The molecule has 0 unspecified atom stereocenters. The highest BCUT2D eigenvalue weighted by molar-refractivity contribution is 5.76. The molecule has 1 aromatic carbocycles. The van der Waals surface area contributed by atoms with Crippen molar-refractivity contribution >= 4 is 23.4 Å². The second-order valence-corrected chi connectivity index (χ2v) is 7.81. The zero-order chi connectivity index (χ0) is 21.5. The third-order valence-electron chi connectivity index (χ3n) is 5.48. The Kier molecular flexibility index (Phi) is 6.72. The van der Waals surface area contributed by atoms with E-state index in [1.54, 1.807) is 12.5 Å². The summed E-state index contributed by atoms with van der Waals surface area (Å²) >= 11 is 0. The Balaban J connectivity index is 1.27. The Hall–Kier alpha value is -3.48. The van der Waals surface area contributed by atoms with Gasteiger partial charge in [0, 0.05) is 44.9 Å². The average Bonchev–Trinajstić information content (AvgIpc) is 2.80. The van der Waals surface area contributed by atoms with Gasteiger partial charge in [0.1, 0.15) is 23.8 Å². The van der Waals surface area contributed by atoms with Crippen molar-refractivity contribution in [3.05, 3.63) is 72.2 Å². The first-order valence-electron chi connectivity index (χ1n) is 10.8. The number of benzene rings is 1. The van der Waals surface area contributed by atoms with Gasteiger partial charge in [-0.15, -0.1) is 0 Å². The van der Waals surface area contributed by atoms with Crippen LogP contribution < -0.4 is 10.2 Å². The van der Waals surface area contributed by atoms with Gasteiger partial charge in [-0.05, 0) is 43.0 Å². The molecule has 1 amide bonds. The standard InChI is InChI=1S/C24H28N6O/c1-19-10-11-25-21(16-19)28-22-17-23(27-18-26-22)29-12-14-30(15-13-29)24(31)9-5-8-20-6-3-2-4-7-20/h2-4,6-7,10-11,16-18H,5,8-9,12-15H2,1H3,(H,25,26,27,28). The van der Waals surface area contributed by atoms with Crippen LogP contribution in [-0.2, 0) is 11.2 Å². The van der Waals surface area contributed by atoms with E-state index in [9.17, 15) is 4.79 Å². The first kappa shape index (κ1) is 20.8. The molecule has 4 rings (SSSR count). The molecular weight excluding hydrogens is 388 g/mol. The number of nitrogens with zero attached hydrogens (tertiary/aromatic N) is 5. The van der Waals surface area contributed by atoms with Crippen LogP contribution in [0.25, 0.3) is 0 Å². The molecule has 1 N–H and O–H groups in total. The fraction of sp³-hybridized carbons (Fsp3) is 0.333. The molecule has 1 aliphatic heterocycles. The van der Waals surface area contributed by atoms with Crippen LogP contribution in [0.15, 0.2) is 61.1 Å². The molecule has 7 nitrogen and oxygen atoms in total. The number of nitrogens with one attached hydrogen (secondary N) is 1. The number of amides is 1. The SMILES string of the molecule is Cc1ccnc(Nc2cc(N3CCN(C(=O)CCCc4ccccc4)CC3)ncn2)c1. The van der Waals surface area contributed by atoms with E-state index in [4.69, 9.17) is 0 Å². The first-order chi connectivity index (χ1) is 15.2. The van der Waals surface area contributed by atoms with Crippen molar-refractivity contribution in [1.29, 1.82) is 0 Å². The fourth-order valence-electron chi connectivity index (χ4n) is 3.76. The third-order valence-corrected chi connectivity index (χ3v) is 5.48. The number of rotatable bonds is 7. The molecule has 0 spiro atoms. The van der Waals surface area contributed by atoms with Crippen LogP contribution in [0.5, 0.6) is 0 Å². The molecule has 3 aromatic rings. The molecule has 0 aliphatic carbocycles. The monoisotopic (exact) mass is 416 g/mol. The van der Waals surface area contributed by atoms with E-state index in [2.05, 4.69) is 37.3 Å². The van der Waals surface area contributed by atoms with Gasteiger partial charge in [0.05, 0.1) is 0 Å². The highest BCUT2D eigenvalue weighted by Crippen LogP contribution is 2.19. The summed E-state index contributed by atoms with van der Waals surface area (Å²) in [6.45, 7) is 5.00. The molecule has 7 heteroatoms. The topological polar surface area (TPSA) is 74.2 Å². The lowest BCUT2D eigenvalue weighted by Gasteiger charge is -2.35. The van der Waals surface area contributed by atoms with Crippen LogP contribution in [0, 0.1) is 6.92 Å². The maximum Gasteiger partial charge on any atom is 0.222 e. The van der Waals surface area contributed by atoms with Crippen LogP contribution in [0.2, 0.25) is 0 Å². The van der Waals surface area contributed by atoms with Crippen LogP contribution in [-0.4, -0.2) is 51.9 Å². The van der Waals surface area contributed by atoms with Gasteiger partial charge in [-0.3, -0.25) is 4.79 Å². The molecule has 0 bridgehead atoms. The summed E-state index contributed by atoms with van der Waals surface area (Å²) in [5.74, 6) is 2.57. The van der Waals surface area contributed by atoms with Crippen molar-refractivity contribution in [2.75, 3.05) is 36.4 Å². The van der Waals surface area contributed by atoms with E-state index in [1.165, 1.54) is 5.56 Å². The quantitative estimate of drug-likeness (QED) is 0.634. The molecule has 3 heterocycles. The molecule has 2 aromatic heterocycles. The first-order valence-corrected chi connectivity index (χ1v) is 10.8. The third kappa shape index (κ3) is 5.78. The normalized spacial score (nSPS) is 13.8. The Labute approximate surface area is 183 Å². The highest BCUT2D eigenvalue weighted by atomic mass is 16.2. The van der Waals surface area contributed by atoms with E-state index >= 15 is 0 Å². The van der Waals surface area contributed by atoms with E-state index in [-0.39, 0.29) is 5.91 Å². The number of aromatic nitrogens is 3. The molecule has 0 saturated carbocycles. The molecule has 1 aliphatic rings. The van der Waals surface area contributed by atoms with E-state index in [0.29, 0.717) is 12.2 Å². The van der Waals surface area contributed by atoms with Gasteiger partial charge in [0.15, 0.2) is 0 Å². The Morgan fingerprint density at radius 2 is 1.74 bits per heavy atom. The number of pyridine rings is 1. The Bertz CT molecular complexity index is 1000. The largest absolute Gasteiger partial charge is 0.353 e. The summed E-state index contributed by atoms with van der Waals surface area (Å²) in [6.07, 6.45) is 5.76. The summed E-state index contributed by atoms with van der Waals surface area (Å²) < 4.78 is 0. The second-order valence-electron chi connectivity index (χ2n) is 7.81. The van der Waals surface area contributed by atoms with Gasteiger partial charge in [-0.2, -0.15) is 0 Å². The minimum absolute atomic E-state index is 0.242. The van der Waals surface area contributed by atoms with E-state index in [0.717, 1.165) is 56.2 Å². The minimum atomic E-state index is 0.242. The lowest BCUT2D eigenvalue weighted by atomic mass is 10.1. The summed E-state index contributed by atoms with van der Waals surface area (Å²) in [6, 6.07) is 16.2. The number of hydrogen-bond acceptors (Lipinski definition) is 6. The zero-order valence-electron chi connectivity index (χ0n) is 17.9. The van der Waals surface area contributed by atoms with E-state index in [1.807, 2.05) is 48.2 Å². The van der Waals surface area contributed by atoms with Crippen molar-refractivity contribution < 1.29 is 4.79 Å². The van der Waals surface area contributed by atoms with Crippen molar-refractivity contribution in [3.8, 4) is 0 Å². The van der Waals surface area contributed by atoms with Gasteiger partial charge >= 0.3 is 0 Å². The number of carbonyl (C=O) groups is 1. The molecule has 1 saturated heterocycles. The average molecular weight is 417 g/mol. The maximum atomic E-state index is 12.6. The van der Waals surface area contributed by atoms with Crippen molar-refractivity contribution in [1.82, 2.24) is 19.9 Å². The molecular formula is C24H28N6O. The van der Waals surface area contributed by atoms with Crippen LogP contribution in [0.3, 0.4) is 0 Å².